The molecule has 0 fully saturated rings. The van der Waals surface area contributed by atoms with E-state index in [1.165, 1.54) is 18.3 Å². The van der Waals surface area contributed by atoms with Crippen LogP contribution in [0.4, 0.5) is 0 Å². The number of halogens is 1. The summed E-state index contributed by atoms with van der Waals surface area (Å²) in [6.45, 7) is 1.84. The highest BCUT2D eigenvalue weighted by molar-refractivity contribution is 6.29. The van der Waals surface area contributed by atoms with Crippen molar-refractivity contribution in [1.82, 2.24) is 20.1 Å². The van der Waals surface area contributed by atoms with Gasteiger partial charge in [0.2, 0.25) is 5.88 Å². The largest absolute Gasteiger partial charge is 0.493 e. The molecule has 0 unspecified atom stereocenters. The van der Waals surface area contributed by atoms with E-state index in [2.05, 4.69) is 15.4 Å². The number of aliphatic carboxylic acids is 1. The normalized spacial score (nSPS) is 11.8. The van der Waals surface area contributed by atoms with Crippen LogP contribution in [0.5, 0.6) is 5.88 Å². The van der Waals surface area contributed by atoms with Crippen LogP contribution in [0.15, 0.2) is 48.7 Å². The molecule has 0 aliphatic carbocycles. The number of carbonyl (C=O) groups is 2. The zero-order chi connectivity index (χ0) is 20.3. The minimum absolute atomic E-state index is 0.0607. The van der Waals surface area contributed by atoms with Gasteiger partial charge in [-0.2, -0.15) is 5.10 Å². The predicted octanol–water partition coefficient (Wildman–Crippen LogP) is 2.88. The lowest BCUT2D eigenvalue weighted by atomic mass is 9.98. The van der Waals surface area contributed by atoms with E-state index >= 15 is 0 Å². The Labute approximate surface area is 165 Å². The zero-order valence-corrected chi connectivity index (χ0v) is 15.6. The molecule has 0 spiro atoms. The number of hydrogen-bond donors (Lipinski definition) is 3. The van der Waals surface area contributed by atoms with Crippen molar-refractivity contribution in [2.24, 2.45) is 0 Å². The summed E-state index contributed by atoms with van der Waals surface area (Å²) in [5, 5.41) is 26.3. The topological polar surface area (TPSA) is 117 Å². The molecule has 2 aromatic heterocycles. The molecule has 9 heteroatoms. The summed E-state index contributed by atoms with van der Waals surface area (Å²) in [5.74, 6) is -1.92. The minimum Gasteiger partial charge on any atom is -0.493 e. The number of aromatic nitrogens is 3. The van der Waals surface area contributed by atoms with E-state index in [1.807, 2.05) is 19.1 Å². The molecule has 0 aliphatic rings. The van der Waals surface area contributed by atoms with Crippen molar-refractivity contribution < 1.29 is 19.8 Å². The second-order valence-corrected chi connectivity index (χ2v) is 6.50. The van der Waals surface area contributed by atoms with Crippen molar-refractivity contribution in [2.45, 2.75) is 19.4 Å². The molecule has 0 aliphatic heterocycles. The minimum atomic E-state index is -1.05. The molecule has 1 atom stereocenters. The average molecular weight is 401 g/mol. The first-order valence-corrected chi connectivity index (χ1v) is 8.72. The second-order valence-electron chi connectivity index (χ2n) is 6.12. The number of nitrogens with zero attached hydrogens (tertiary/aromatic N) is 3. The molecule has 0 saturated carbocycles. The summed E-state index contributed by atoms with van der Waals surface area (Å²) >= 11 is 5.85. The van der Waals surface area contributed by atoms with E-state index < -0.39 is 17.9 Å². The summed E-state index contributed by atoms with van der Waals surface area (Å²) in [6, 6.07) is 10.7. The van der Waals surface area contributed by atoms with E-state index in [-0.39, 0.29) is 23.1 Å². The Kier molecular flexibility index (Phi) is 5.60. The number of amides is 1. The number of benzene rings is 1. The predicted molar refractivity (Wildman–Crippen MR) is 102 cm³/mol. The van der Waals surface area contributed by atoms with Gasteiger partial charge in [-0.15, -0.1) is 0 Å². The molecule has 1 aromatic carbocycles. The molecular formula is C19H17ClN4O4. The molecule has 28 heavy (non-hydrogen) atoms. The number of carboxylic acid groups (broad SMARTS) is 1. The first kappa shape index (κ1) is 19.4. The van der Waals surface area contributed by atoms with Gasteiger partial charge in [-0.3, -0.25) is 9.59 Å². The standard InChI is InChI=1S/C19H17ClN4O4/c1-11-4-2-3-5-13(11)14(10-18(26)27)22-19(28)15-9-17(25)24(23-15)12-6-7-21-16(20)8-12/h2-9,14,25H,10H2,1H3,(H,22,28)(H,26,27)/t14-/m0/s1. The van der Waals surface area contributed by atoms with Gasteiger partial charge >= 0.3 is 5.97 Å². The van der Waals surface area contributed by atoms with Gasteiger partial charge in [0.05, 0.1) is 18.2 Å². The Morgan fingerprint density at radius 2 is 2.00 bits per heavy atom. The first-order chi connectivity index (χ1) is 13.3. The van der Waals surface area contributed by atoms with Crippen LogP contribution in [0.1, 0.15) is 34.1 Å². The van der Waals surface area contributed by atoms with Gasteiger partial charge in [0.1, 0.15) is 5.15 Å². The Bertz CT molecular complexity index is 1030. The summed E-state index contributed by atoms with van der Waals surface area (Å²) in [5.41, 5.74) is 1.92. The fourth-order valence-electron chi connectivity index (χ4n) is 2.82. The van der Waals surface area contributed by atoms with E-state index in [9.17, 15) is 19.8 Å². The fraction of sp³-hybridized carbons (Fsp3) is 0.158. The molecule has 3 rings (SSSR count). The van der Waals surface area contributed by atoms with E-state index in [1.54, 1.807) is 18.2 Å². The molecule has 2 heterocycles. The van der Waals surface area contributed by atoms with Crippen molar-refractivity contribution >= 4 is 23.5 Å². The van der Waals surface area contributed by atoms with Crippen LogP contribution in [0.2, 0.25) is 5.15 Å². The third-order valence-electron chi connectivity index (χ3n) is 4.13. The molecule has 0 saturated heterocycles. The summed E-state index contributed by atoms with van der Waals surface area (Å²) in [4.78, 5) is 27.8. The van der Waals surface area contributed by atoms with E-state index in [0.717, 1.165) is 10.2 Å². The van der Waals surface area contributed by atoms with Crippen molar-refractivity contribution in [3.63, 3.8) is 0 Å². The summed E-state index contributed by atoms with van der Waals surface area (Å²) < 4.78 is 1.14. The summed E-state index contributed by atoms with van der Waals surface area (Å²) in [6.07, 6.45) is 1.16. The number of carboxylic acids is 1. The molecule has 1 amide bonds. The van der Waals surface area contributed by atoms with Crippen LogP contribution < -0.4 is 5.32 Å². The first-order valence-electron chi connectivity index (χ1n) is 8.34. The number of aryl methyl sites for hydroxylation is 1. The van der Waals surface area contributed by atoms with E-state index in [0.29, 0.717) is 11.3 Å². The fourth-order valence-corrected chi connectivity index (χ4v) is 2.99. The average Bonchev–Trinajstić information content (AvgIpc) is 3.03. The lowest BCUT2D eigenvalue weighted by Crippen LogP contribution is -2.31. The molecule has 0 radical (unpaired) electrons. The van der Waals surface area contributed by atoms with E-state index in [4.69, 9.17) is 11.6 Å². The van der Waals surface area contributed by atoms with Gasteiger partial charge in [-0.05, 0) is 24.1 Å². The Hall–Kier alpha value is -3.39. The summed E-state index contributed by atoms with van der Waals surface area (Å²) in [7, 11) is 0. The SMILES string of the molecule is Cc1ccccc1[C@H](CC(=O)O)NC(=O)c1cc(O)n(-c2ccnc(Cl)c2)n1. The molecular weight excluding hydrogens is 384 g/mol. The number of rotatable bonds is 6. The van der Waals surface area contributed by atoms with Gasteiger partial charge in [0, 0.05) is 18.3 Å². The second kappa shape index (κ2) is 8.10. The van der Waals surface area contributed by atoms with Crippen molar-refractivity contribution in [2.75, 3.05) is 0 Å². The maximum absolute atomic E-state index is 12.7. The Balaban J connectivity index is 1.87. The lowest BCUT2D eigenvalue weighted by Gasteiger charge is -2.18. The molecule has 8 nitrogen and oxygen atoms in total. The maximum Gasteiger partial charge on any atom is 0.305 e. The maximum atomic E-state index is 12.7. The number of carbonyl (C=O) groups excluding carboxylic acids is 1. The lowest BCUT2D eigenvalue weighted by molar-refractivity contribution is -0.137. The van der Waals surface area contributed by atoms with Crippen molar-refractivity contribution in [3.8, 4) is 11.6 Å². The van der Waals surface area contributed by atoms with Crippen LogP contribution in [-0.2, 0) is 4.79 Å². The van der Waals surface area contributed by atoms with Crippen LogP contribution in [0.25, 0.3) is 5.69 Å². The monoisotopic (exact) mass is 400 g/mol. The van der Waals surface area contributed by atoms with Gasteiger partial charge in [0.15, 0.2) is 5.69 Å². The zero-order valence-electron chi connectivity index (χ0n) is 14.8. The molecule has 3 aromatic rings. The highest BCUT2D eigenvalue weighted by Crippen LogP contribution is 2.23. The van der Waals surface area contributed by atoms with Crippen LogP contribution in [-0.4, -0.2) is 36.9 Å². The third-order valence-corrected chi connectivity index (χ3v) is 4.33. The highest BCUT2D eigenvalue weighted by atomic mass is 35.5. The number of hydrogen-bond acceptors (Lipinski definition) is 5. The smallest absolute Gasteiger partial charge is 0.305 e. The van der Waals surface area contributed by atoms with Gasteiger partial charge in [0.25, 0.3) is 5.91 Å². The van der Waals surface area contributed by atoms with Gasteiger partial charge < -0.3 is 15.5 Å². The van der Waals surface area contributed by atoms with Gasteiger partial charge in [-0.1, -0.05) is 35.9 Å². The van der Waals surface area contributed by atoms with Crippen LogP contribution >= 0.6 is 11.6 Å². The van der Waals surface area contributed by atoms with Gasteiger partial charge in [-0.25, -0.2) is 9.67 Å². The highest BCUT2D eigenvalue weighted by Gasteiger charge is 2.23. The van der Waals surface area contributed by atoms with Crippen LogP contribution in [0.3, 0.4) is 0 Å². The Morgan fingerprint density at radius 3 is 2.68 bits per heavy atom. The van der Waals surface area contributed by atoms with Crippen LogP contribution in [0, 0.1) is 6.92 Å². The molecule has 144 valence electrons. The Morgan fingerprint density at radius 1 is 1.25 bits per heavy atom. The van der Waals surface area contributed by atoms with Crippen molar-refractivity contribution in [3.05, 3.63) is 70.6 Å². The number of nitrogens with one attached hydrogen (secondary N) is 1. The molecule has 0 bridgehead atoms. The number of aromatic hydroxyl groups is 1. The third kappa shape index (κ3) is 4.29. The number of pyridine rings is 1. The quantitative estimate of drug-likeness (QED) is 0.547. The van der Waals surface area contributed by atoms with Crippen molar-refractivity contribution in [1.29, 1.82) is 0 Å². The molecule has 3 N–H and O–H groups in total.